The highest BCUT2D eigenvalue weighted by Crippen LogP contribution is 2.12. The molecule has 1 aliphatic rings. The summed E-state index contributed by atoms with van der Waals surface area (Å²) >= 11 is 0. The lowest BCUT2D eigenvalue weighted by Gasteiger charge is -2.26. The lowest BCUT2D eigenvalue weighted by molar-refractivity contribution is -0.136. The highest BCUT2D eigenvalue weighted by molar-refractivity contribution is 5.76. The molecule has 1 N–H and O–H groups in total. The van der Waals surface area contributed by atoms with Gasteiger partial charge in [0.05, 0.1) is 25.1 Å². The number of ether oxygens (including phenoxy) is 1. The smallest absolute Gasteiger partial charge is 0.244 e. The van der Waals surface area contributed by atoms with Crippen LogP contribution in [0, 0.1) is 5.92 Å². The Morgan fingerprint density at radius 1 is 1.38 bits per heavy atom. The van der Waals surface area contributed by atoms with E-state index in [0.29, 0.717) is 44.8 Å². The van der Waals surface area contributed by atoms with Crippen LogP contribution in [0.1, 0.15) is 27.2 Å². The predicted octanol–water partition coefficient (Wildman–Crippen LogP) is 1.59. The molecule has 0 aromatic carbocycles. The Balaban J connectivity index is 1.83. The van der Waals surface area contributed by atoms with E-state index < -0.39 is 0 Å². The Morgan fingerprint density at radius 2 is 2.10 bits per heavy atom. The summed E-state index contributed by atoms with van der Waals surface area (Å²) in [5, 5.41) is 7.68. The monoisotopic (exact) mass is 294 g/mol. The normalized spacial score (nSPS) is 17.0. The maximum Gasteiger partial charge on any atom is 0.244 e. The molecule has 118 valence electrons. The van der Waals surface area contributed by atoms with Crippen LogP contribution in [-0.2, 0) is 16.1 Å². The molecule has 2 rings (SSSR count). The number of nitrogens with zero attached hydrogens (tertiary/aromatic N) is 3. The summed E-state index contributed by atoms with van der Waals surface area (Å²) in [4.78, 5) is 14.0. The first-order chi connectivity index (χ1) is 10.0. The van der Waals surface area contributed by atoms with Crippen LogP contribution in [0.3, 0.4) is 0 Å². The van der Waals surface area contributed by atoms with Crippen LogP contribution < -0.4 is 5.32 Å². The molecule has 0 spiro atoms. The maximum absolute atomic E-state index is 12.1. The zero-order chi connectivity index (χ0) is 15.2. The second kappa shape index (κ2) is 7.45. The van der Waals surface area contributed by atoms with Gasteiger partial charge >= 0.3 is 0 Å². The molecule has 1 aliphatic heterocycles. The molecular formula is C15H26N4O2. The van der Waals surface area contributed by atoms with Crippen molar-refractivity contribution in [3.8, 4) is 0 Å². The summed E-state index contributed by atoms with van der Waals surface area (Å²) in [6, 6.07) is 0.401. The molecule has 6 heteroatoms. The Morgan fingerprint density at radius 3 is 2.76 bits per heavy atom. The fraction of sp³-hybridized carbons (Fsp3) is 0.733. The molecule has 0 bridgehead atoms. The van der Waals surface area contributed by atoms with E-state index in [4.69, 9.17) is 4.74 Å². The molecule has 1 atom stereocenters. The predicted molar refractivity (Wildman–Crippen MR) is 82.2 cm³/mol. The summed E-state index contributed by atoms with van der Waals surface area (Å²) in [6.45, 7) is 9.49. The van der Waals surface area contributed by atoms with Gasteiger partial charge in [0.25, 0.3) is 0 Å². The fourth-order valence-corrected chi connectivity index (χ4v) is 2.63. The van der Waals surface area contributed by atoms with E-state index in [2.05, 4.69) is 31.2 Å². The van der Waals surface area contributed by atoms with Crippen LogP contribution in [-0.4, -0.2) is 52.9 Å². The number of aromatic nitrogens is 2. The molecule has 0 unspecified atom stereocenters. The van der Waals surface area contributed by atoms with Gasteiger partial charge in [0.15, 0.2) is 0 Å². The van der Waals surface area contributed by atoms with E-state index in [1.807, 2.05) is 11.1 Å². The molecule has 1 fully saturated rings. The van der Waals surface area contributed by atoms with Crippen molar-refractivity contribution in [2.24, 2.45) is 5.92 Å². The molecule has 0 aliphatic carbocycles. The quantitative estimate of drug-likeness (QED) is 0.865. The highest BCUT2D eigenvalue weighted by Gasteiger charge is 2.17. The summed E-state index contributed by atoms with van der Waals surface area (Å²) in [5.74, 6) is 0.758. The number of carbonyl (C=O) groups excluding carboxylic acids is 1. The third kappa shape index (κ3) is 5.04. The van der Waals surface area contributed by atoms with Crippen molar-refractivity contribution in [3.63, 3.8) is 0 Å². The van der Waals surface area contributed by atoms with Gasteiger partial charge in [-0.15, -0.1) is 0 Å². The first-order valence-corrected chi connectivity index (χ1v) is 7.69. The first-order valence-electron chi connectivity index (χ1n) is 7.69. The van der Waals surface area contributed by atoms with Gasteiger partial charge in [0.2, 0.25) is 5.91 Å². The maximum atomic E-state index is 12.1. The lowest BCUT2D eigenvalue weighted by Crippen LogP contribution is -2.42. The molecule has 1 aromatic heterocycles. The largest absolute Gasteiger partial charge is 0.380 e. The van der Waals surface area contributed by atoms with E-state index in [9.17, 15) is 4.79 Å². The molecular weight excluding hydrogens is 268 g/mol. The molecule has 1 aromatic rings. The van der Waals surface area contributed by atoms with Crippen LogP contribution in [0.2, 0.25) is 0 Å². The fourth-order valence-electron chi connectivity index (χ4n) is 2.63. The second-order valence-electron chi connectivity index (χ2n) is 6.09. The van der Waals surface area contributed by atoms with Crippen molar-refractivity contribution in [1.29, 1.82) is 0 Å². The van der Waals surface area contributed by atoms with Gasteiger partial charge in [0.1, 0.15) is 6.54 Å². The SMILES string of the molecule is CC(C)C[C@@H](C)Nc1cnn(CC(=O)N2CCOCC2)c1. The van der Waals surface area contributed by atoms with E-state index >= 15 is 0 Å². The van der Waals surface area contributed by atoms with Crippen molar-refractivity contribution >= 4 is 11.6 Å². The van der Waals surface area contributed by atoms with E-state index in [-0.39, 0.29) is 5.91 Å². The summed E-state index contributed by atoms with van der Waals surface area (Å²) in [5.41, 5.74) is 0.970. The zero-order valence-electron chi connectivity index (χ0n) is 13.2. The molecule has 0 radical (unpaired) electrons. The average Bonchev–Trinajstić information content (AvgIpc) is 2.85. The van der Waals surface area contributed by atoms with Crippen molar-refractivity contribution in [3.05, 3.63) is 12.4 Å². The number of nitrogens with one attached hydrogen (secondary N) is 1. The lowest BCUT2D eigenvalue weighted by atomic mass is 10.1. The van der Waals surface area contributed by atoms with Gasteiger partial charge in [-0.25, -0.2) is 0 Å². The summed E-state index contributed by atoms with van der Waals surface area (Å²) in [6.07, 6.45) is 4.79. The van der Waals surface area contributed by atoms with Crippen molar-refractivity contribution in [2.75, 3.05) is 31.6 Å². The molecule has 2 heterocycles. The number of morpholine rings is 1. The zero-order valence-corrected chi connectivity index (χ0v) is 13.2. The number of amides is 1. The molecule has 1 saturated heterocycles. The van der Waals surface area contributed by atoms with Gasteiger partial charge in [-0.3, -0.25) is 9.48 Å². The third-order valence-corrected chi connectivity index (χ3v) is 3.53. The summed E-state index contributed by atoms with van der Waals surface area (Å²) < 4.78 is 6.95. The van der Waals surface area contributed by atoms with Gasteiger partial charge in [-0.2, -0.15) is 5.10 Å². The molecule has 21 heavy (non-hydrogen) atoms. The minimum atomic E-state index is 0.100. The number of rotatable bonds is 6. The summed E-state index contributed by atoms with van der Waals surface area (Å²) in [7, 11) is 0. The van der Waals surface area contributed by atoms with Crippen LogP contribution in [0.5, 0.6) is 0 Å². The Bertz CT molecular complexity index is 452. The molecule has 0 saturated carbocycles. The van der Waals surface area contributed by atoms with E-state index in [0.717, 1.165) is 12.1 Å². The Hall–Kier alpha value is -1.56. The van der Waals surface area contributed by atoms with E-state index in [1.165, 1.54) is 0 Å². The third-order valence-electron chi connectivity index (χ3n) is 3.53. The highest BCUT2D eigenvalue weighted by atomic mass is 16.5. The van der Waals surface area contributed by atoms with Gasteiger partial charge in [-0.1, -0.05) is 13.8 Å². The topological polar surface area (TPSA) is 59.4 Å². The average molecular weight is 294 g/mol. The minimum Gasteiger partial charge on any atom is -0.380 e. The van der Waals surface area contributed by atoms with Crippen molar-refractivity contribution < 1.29 is 9.53 Å². The standard InChI is InChI=1S/C15H26N4O2/c1-12(2)8-13(3)17-14-9-16-19(10-14)11-15(20)18-4-6-21-7-5-18/h9-10,12-13,17H,4-8,11H2,1-3H3/t13-/m1/s1. The molecule has 1 amide bonds. The Labute approximate surface area is 126 Å². The molecule has 6 nitrogen and oxygen atoms in total. The van der Waals surface area contributed by atoms with Crippen LogP contribution in [0.4, 0.5) is 5.69 Å². The van der Waals surface area contributed by atoms with Crippen LogP contribution >= 0.6 is 0 Å². The number of anilines is 1. The Kier molecular flexibility index (Phi) is 5.61. The van der Waals surface area contributed by atoms with E-state index in [1.54, 1.807) is 10.9 Å². The number of hydrogen-bond donors (Lipinski definition) is 1. The van der Waals surface area contributed by atoms with Crippen LogP contribution in [0.15, 0.2) is 12.4 Å². The van der Waals surface area contributed by atoms with Gasteiger partial charge in [-0.05, 0) is 19.3 Å². The van der Waals surface area contributed by atoms with Gasteiger partial charge < -0.3 is 15.0 Å². The minimum absolute atomic E-state index is 0.100. The number of hydrogen-bond acceptors (Lipinski definition) is 4. The van der Waals surface area contributed by atoms with Crippen LogP contribution in [0.25, 0.3) is 0 Å². The second-order valence-corrected chi connectivity index (χ2v) is 6.09. The van der Waals surface area contributed by atoms with Crippen molar-refractivity contribution in [2.45, 2.75) is 39.8 Å². The number of carbonyl (C=O) groups is 1. The van der Waals surface area contributed by atoms with Crippen molar-refractivity contribution in [1.82, 2.24) is 14.7 Å². The van der Waals surface area contributed by atoms with Gasteiger partial charge in [0, 0.05) is 25.3 Å². The first kappa shape index (κ1) is 15.8.